The van der Waals surface area contributed by atoms with Crippen molar-refractivity contribution in [2.45, 2.75) is 20.8 Å². The van der Waals surface area contributed by atoms with Gasteiger partial charge in [-0.3, -0.25) is 9.59 Å². The smallest absolute Gasteiger partial charge is 0.310 e. The molecule has 0 aliphatic carbocycles. The lowest BCUT2D eigenvalue weighted by Gasteiger charge is -2.18. The topological polar surface area (TPSA) is 79.5 Å². The second-order valence-corrected chi connectivity index (χ2v) is 5.52. The van der Waals surface area contributed by atoms with Gasteiger partial charge in [0, 0.05) is 11.9 Å². The van der Waals surface area contributed by atoms with E-state index >= 15 is 0 Å². The molecule has 1 aromatic heterocycles. The molecule has 0 aliphatic heterocycles. The minimum Gasteiger partial charge on any atom is -0.481 e. The summed E-state index contributed by atoms with van der Waals surface area (Å²) in [7, 11) is 0. The Labute approximate surface area is 116 Å². The van der Waals surface area contributed by atoms with Gasteiger partial charge >= 0.3 is 5.97 Å². The van der Waals surface area contributed by atoms with E-state index in [2.05, 4.69) is 5.32 Å². The van der Waals surface area contributed by atoms with Gasteiger partial charge < -0.3 is 14.8 Å². The van der Waals surface area contributed by atoms with Crippen LogP contribution in [-0.2, 0) is 4.79 Å². The fourth-order valence-electron chi connectivity index (χ4n) is 1.74. The third-order valence-corrected chi connectivity index (χ3v) is 3.17. The second-order valence-electron chi connectivity index (χ2n) is 5.52. The molecule has 0 aliphatic rings. The number of amides is 1. The lowest BCUT2D eigenvalue weighted by molar-refractivity contribution is -0.146. The fourth-order valence-corrected chi connectivity index (χ4v) is 1.74. The number of fused-ring (bicyclic) bond motifs is 1. The fraction of sp³-hybridized carbons (Fsp3) is 0.333. The van der Waals surface area contributed by atoms with Gasteiger partial charge in [-0.2, -0.15) is 0 Å². The van der Waals surface area contributed by atoms with E-state index in [1.54, 1.807) is 19.9 Å². The maximum atomic E-state index is 12.0. The summed E-state index contributed by atoms with van der Waals surface area (Å²) in [5.41, 5.74) is 0.702. The number of carbonyl (C=O) groups excluding carboxylic acids is 1. The highest BCUT2D eigenvalue weighted by atomic mass is 16.4. The zero-order chi connectivity index (χ0) is 14.9. The third kappa shape index (κ3) is 2.82. The number of hydrogen-bond acceptors (Lipinski definition) is 3. The van der Waals surface area contributed by atoms with Crippen LogP contribution in [0.5, 0.6) is 0 Å². The first-order valence-corrected chi connectivity index (χ1v) is 6.31. The first kappa shape index (κ1) is 14.1. The third-order valence-electron chi connectivity index (χ3n) is 3.17. The molecule has 0 unspecified atom stereocenters. The average Bonchev–Trinajstić information content (AvgIpc) is 2.78. The van der Waals surface area contributed by atoms with Crippen molar-refractivity contribution in [2.24, 2.45) is 5.41 Å². The number of aliphatic carboxylic acids is 1. The minimum absolute atomic E-state index is 0.0389. The Morgan fingerprint density at radius 2 is 2.00 bits per heavy atom. The van der Waals surface area contributed by atoms with Crippen molar-refractivity contribution in [3.05, 3.63) is 35.6 Å². The molecular formula is C15H17NO4. The Morgan fingerprint density at radius 3 is 2.65 bits per heavy atom. The lowest BCUT2D eigenvalue weighted by Crippen LogP contribution is -2.38. The number of benzene rings is 1. The molecule has 1 heterocycles. The number of carbonyl (C=O) groups is 2. The van der Waals surface area contributed by atoms with E-state index < -0.39 is 17.3 Å². The molecule has 0 atom stereocenters. The average molecular weight is 275 g/mol. The van der Waals surface area contributed by atoms with Crippen LogP contribution in [-0.4, -0.2) is 23.5 Å². The van der Waals surface area contributed by atoms with Crippen LogP contribution in [0.25, 0.3) is 11.0 Å². The minimum atomic E-state index is -1.02. The SMILES string of the molecule is Cc1ccc2oc(C(=O)NCC(C)(C)C(=O)O)cc2c1. The molecule has 5 nitrogen and oxygen atoms in total. The van der Waals surface area contributed by atoms with Crippen LogP contribution in [0.2, 0.25) is 0 Å². The molecule has 0 saturated carbocycles. The maximum Gasteiger partial charge on any atom is 0.310 e. The van der Waals surface area contributed by atoms with E-state index in [0.29, 0.717) is 5.58 Å². The summed E-state index contributed by atoms with van der Waals surface area (Å²) >= 11 is 0. The maximum absolute atomic E-state index is 12.0. The van der Waals surface area contributed by atoms with Crippen molar-refractivity contribution in [1.29, 1.82) is 0 Å². The van der Waals surface area contributed by atoms with Crippen molar-refractivity contribution < 1.29 is 19.1 Å². The molecule has 106 valence electrons. The summed E-state index contributed by atoms with van der Waals surface area (Å²) in [5.74, 6) is -1.18. The van der Waals surface area contributed by atoms with Crippen molar-refractivity contribution in [3.63, 3.8) is 0 Å². The Morgan fingerprint density at radius 1 is 1.30 bits per heavy atom. The number of carboxylic acids is 1. The van der Waals surface area contributed by atoms with Crippen molar-refractivity contribution in [3.8, 4) is 0 Å². The van der Waals surface area contributed by atoms with Crippen LogP contribution >= 0.6 is 0 Å². The van der Waals surface area contributed by atoms with Gasteiger partial charge in [0.1, 0.15) is 5.58 Å². The van der Waals surface area contributed by atoms with E-state index in [1.165, 1.54) is 0 Å². The van der Waals surface area contributed by atoms with E-state index in [9.17, 15) is 9.59 Å². The van der Waals surface area contributed by atoms with Crippen molar-refractivity contribution in [1.82, 2.24) is 5.32 Å². The molecule has 5 heteroatoms. The molecule has 20 heavy (non-hydrogen) atoms. The second kappa shape index (κ2) is 5.00. The van der Waals surface area contributed by atoms with E-state index in [4.69, 9.17) is 9.52 Å². The van der Waals surface area contributed by atoms with Gasteiger partial charge in [0.05, 0.1) is 5.41 Å². The van der Waals surface area contributed by atoms with Gasteiger partial charge in [0.25, 0.3) is 5.91 Å². The Balaban J connectivity index is 2.14. The molecule has 0 bridgehead atoms. The normalized spacial score (nSPS) is 11.6. The first-order valence-electron chi connectivity index (χ1n) is 6.31. The molecule has 0 fully saturated rings. The Hall–Kier alpha value is -2.30. The number of hydrogen-bond donors (Lipinski definition) is 2. The number of nitrogens with one attached hydrogen (secondary N) is 1. The van der Waals surface area contributed by atoms with Crippen molar-refractivity contribution in [2.75, 3.05) is 6.54 Å². The number of aryl methyl sites for hydroxylation is 1. The van der Waals surface area contributed by atoms with Gasteiger partial charge in [0.15, 0.2) is 5.76 Å². The predicted molar refractivity (Wildman–Crippen MR) is 74.7 cm³/mol. The first-order chi connectivity index (χ1) is 9.29. The van der Waals surface area contributed by atoms with Crippen LogP contribution in [0.1, 0.15) is 30.0 Å². The molecule has 1 aromatic carbocycles. The number of rotatable bonds is 4. The van der Waals surface area contributed by atoms with Gasteiger partial charge in [-0.15, -0.1) is 0 Å². The van der Waals surface area contributed by atoms with Crippen LogP contribution < -0.4 is 5.32 Å². The number of carboxylic acid groups (broad SMARTS) is 1. The summed E-state index contributed by atoms with van der Waals surface area (Å²) in [4.78, 5) is 22.9. The summed E-state index contributed by atoms with van der Waals surface area (Å²) in [6.07, 6.45) is 0. The summed E-state index contributed by atoms with van der Waals surface area (Å²) in [5, 5.41) is 12.4. The molecule has 1 amide bonds. The highest BCUT2D eigenvalue weighted by molar-refractivity contribution is 5.96. The zero-order valence-electron chi connectivity index (χ0n) is 11.7. The monoisotopic (exact) mass is 275 g/mol. The molecule has 2 rings (SSSR count). The summed E-state index contributed by atoms with van der Waals surface area (Å²) < 4.78 is 5.45. The quantitative estimate of drug-likeness (QED) is 0.898. The van der Waals surface area contributed by atoms with Gasteiger partial charge in [-0.1, -0.05) is 11.6 Å². The summed E-state index contributed by atoms with van der Waals surface area (Å²) in [6, 6.07) is 7.30. The van der Waals surface area contributed by atoms with E-state index in [0.717, 1.165) is 10.9 Å². The van der Waals surface area contributed by atoms with Gasteiger partial charge in [-0.05, 0) is 39.0 Å². The molecule has 0 spiro atoms. The van der Waals surface area contributed by atoms with Crippen LogP contribution in [0.15, 0.2) is 28.7 Å². The van der Waals surface area contributed by atoms with Crippen LogP contribution in [0.3, 0.4) is 0 Å². The van der Waals surface area contributed by atoms with Crippen LogP contribution in [0, 0.1) is 12.3 Å². The molecule has 0 radical (unpaired) electrons. The van der Waals surface area contributed by atoms with Gasteiger partial charge in [0.2, 0.25) is 0 Å². The van der Waals surface area contributed by atoms with E-state index in [-0.39, 0.29) is 12.3 Å². The highest BCUT2D eigenvalue weighted by Crippen LogP contribution is 2.21. The van der Waals surface area contributed by atoms with Crippen LogP contribution in [0.4, 0.5) is 0 Å². The van der Waals surface area contributed by atoms with Gasteiger partial charge in [-0.25, -0.2) is 0 Å². The zero-order valence-corrected chi connectivity index (χ0v) is 11.7. The largest absolute Gasteiger partial charge is 0.481 e. The Kier molecular flexibility index (Phi) is 3.53. The molecular weight excluding hydrogens is 258 g/mol. The highest BCUT2D eigenvalue weighted by Gasteiger charge is 2.28. The number of furan rings is 1. The molecule has 2 N–H and O–H groups in total. The Bertz CT molecular complexity index is 670. The predicted octanol–water partition coefficient (Wildman–Crippen LogP) is 2.58. The van der Waals surface area contributed by atoms with E-state index in [1.807, 2.05) is 25.1 Å². The van der Waals surface area contributed by atoms with Crippen molar-refractivity contribution >= 4 is 22.8 Å². The lowest BCUT2D eigenvalue weighted by atomic mass is 9.94. The molecule has 2 aromatic rings. The summed E-state index contributed by atoms with van der Waals surface area (Å²) in [6.45, 7) is 5.11. The standard InChI is InChI=1S/C15H17NO4/c1-9-4-5-11-10(6-9)7-12(20-11)13(17)16-8-15(2,3)14(18)19/h4-7H,8H2,1-3H3,(H,16,17)(H,18,19). The molecule has 0 saturated heterocycles.